The second kappa shape index (κ2) is 7.35. The zero-order valence-corrected chi connectivity index (χ0v) is 12.8. The summed E-state index contributed by atoms with van der Waals surface area (Å²) in [5, 5.41) is 11.4. The van der Waals surface area contributed by atoms with Crippen LogP contribution in [0.3, 0.4) is 0 Å². The number of nitrogens with one attached hydrogen (secondary N) is 1. The zero-order chi connectivity index (χ0) is 15.3. The average Bonchev–Trinajstić information content (AvgIpc) is 2.33. The van der Waals surface area contributed by atoms with Crippen LogP contribution in [0.1, 0.15) is 13.3 Å². The monoisotopic (exact) mass is 346 g/mol. The van der Waals surface area contributed by atoms with Crippen molar-refractivity contribution in [3.05, 3.63) is 28.5 Å². The van der Waals surface area contributed by atoms with Crippen LogP contribution >= 0.6 is 15.9 Å². The van der Waals surface area contributed by atoms with Crippen LogP contribution in [0.4, 0.5) is 10.1 Å². The van der Waals surface area contributed by atoms with Crippen molar-refractivity contribution in [3.63, 3.8) is 0 Å². The number of benzene rings is 1. The average molecular weight is 347 g/mol. The molecule has 1 amide bonds. The lowest BCUT2D eigenvalue weighted by Gasteiger charge is -2.22. The van der Waals surface area contributed by atoms with E-state index in [0.29, 0.717) is 10.9 Å². The van der Waals surface area contributed by atoms with Crippen LogP contribution in [0.25, 0.3) is 0 Å². The summed E-state index contributed by atoms with van der Waals surface area (Å²) in [6, 6.07) is 3.54. The number of rotatable bonds is 6. The number of carboxylic acids is 1. The third-order valence-corrected chi connectivity index (χ3v) is 3.30. The zero-order valence-electron chi connectivity index (χ0n) is 11.2. The molecule has 0 aromatic heterocycles. The summed E-state index contributed by atoms with van der Waals surface area (Å²) >= 11 is 3.12. The molecule has 0 bridgehead atoms. The van der Waals surface area contributed by atoms with Crippen LogP contribution in [0.15, 0.2) is 22.7 Å². The van der Waals surface area contributed by atoms with Gasteiger partial charge in [-0.2, -0.15) is 0 Å². The molecule has 0 saturated heterocycles. The Hall–Kier alpha value is -1.47. The molecule has 0 saturated carbocycles. The lowest BCUT2D eigenvalue weighted by Crippen LogP contribution is -2.42. The van der Waals surface area contributed by atoms with Gasteiger partial charge in [-0.05, 0) is 31.7 Å². The van der Waals surface area contributed by atoms with Crippen molar-refractivity contribution < 1.29 is 19.1 Å². The largest absolute Gasteiger partial charge is 0.480 e. The van der Waals surface area contributed by atoms with E-state index in [1.165, 1.54) is 17.0 Å². The molecule has 0 aliphatic heterocycles. The number of hydrogen-bond acceptors (Lipinski definition) is 3. The van der Waals surface area contributed by atoms with Crippen LogP contribution < -0.4 is 5.32 Å². The first-order valence-corrected chi connectivity index (χ1v) is 6.82. The van der Waals surface area contributed by atoms with Gasteiger partial charge in [-0.3, -0.25) is 14.5 Å². The van der Waals surface area contributed by atoms with Gasteiger partial charge in [-0.25, -0.2) is 4.39 Å². The fraction of sp³-hybridized carbons (Fsp3) is 0.385. The molecule has 0 aliphatic carbocycles. The predicted octanol–water partition coefficient (Wildman–Crippen LogP) is 2.32. The highest BCUT2D eigenvalue weighted by atomic mass is 79.9. The third-order valence-electron chi connectivity index (χ3n) is 2.80. The van der Waals surface area contributed by atoms with Gasteiger partial charge >= 0.3 is 5.97 Å². The lowest BCUT2D eigenvalue weighted by molar-refractivity contribution is -0.143. The van der Waals surface area contributed by atoms with Crippen LogP contribution in [0, 0.1) is 5.82 Å². The number of carbonyl (C=O) groups excluding carboxylic acids is 1. The number of likely N-dealkylation sites (N-methyl/N-ethyl adjacent to an activating group) is 1. The van der Waals surface area contributed by atoms with Crippen molar-refractivity contribution >= 4 is 33.5 Å². The van der Waals surface area contributed by atoms with Crippen molar-refractivity contribution in [1.29, 1.82) is 0 Å². The van der Waals surface area contributed by atoms with Gasteiger partial charge in [-0.1, -0.05) is 22.9 Å². The van der Waals surface area contributed by atoms with E-state index >= 15 is 0 Å². The maximum Gasteiger partial charge on any atom is 0.320 e. The number of aliphatic carboxylic acids is 1. The van der Waals surface area contributed by atoms with E-state index in [1.807, 2.05) is 0 Å². The first-order chi connectivity index (χ1) is 9.35. The van der Waals surface area contributed by atoms with Crippen molar-refractivity contribution in [2.75, 3.05) is 18.9 Å². The van der Waals surface area contributed by atoms with Gasteiger partial charge < -0.3 is 10.4 Å². The molecular weight excluding hydrogens is 331 g/mol. The third kappa shape index (κ3) is 4.57. The molecule has 0 fully saturated rings. The number of anilines is 1. The number of hydrogen-bond donors (Lipinski definition) is 2. The fourth-order valence-electron chi connectivity index (χ4n) is 1.79. The molecule has 1 aromatic rings. The summed E-state index contributed by atoms with van der Waals surface area (Å²) in [6.45, 7) is 1.60. The van der Waals surface area contributed by atoms with Crippen LogP contribution in [-0.4, -0.2) is 41.5 Å². The lowest BCUT2D eigenvalue weighted by atomic mass is 10.2. The molecule has 20 heavy (non-hydrogen) atoms. The predicted molar refractivity (Wildman–Crippen MR) is 77.1 cm³/mol. The first-order valence-electron chi connectivity index (χ1n) is 6.03. The molecule has 110 valence electrons. The maximum absolute atomic E-state index is 13.5. The van der Waals surface area contributed by atoms with Crippen LogP contribution in [-0.2, 0) is 9.59 Å². The number of carboxylic acid groups (broad SMARTS) is 1. The Balaban J connectivity index is 2.65. The van der Waals surface area contributed by atoms with Gasteiger partial charge in [0.15, 0.2) is 0 Å². The normalized spacial score (nSPS) is 12.2. The first kappa shape index (κ1) is 16.6. The highest BCUT2D eigenvalue weighted by molar-refractivity contribution is 9.10. The molecule has 1 atom stereocenters. The van der Waals surface area contributed by atoms with Gasteiger partial charge in [0.25, 0.3) is 0 Å². The van der Waals surface area contributed by atoms with Gasteiger partial charge in [0.05, 0.1) is 12.2 Å². The highest BCUT2D eigenvalue weighted by Crippen LogP contribution is 2.19. The number of amides is 1. The van der Waals surface area contributed by atoms with Crippen molar-refractivity contribution in [2.45, 2.75) is 19.4 Å². The second-order valence-corrected chi connectivity index (χ2v) is 5.27. The highest BCUT2D eigenvalue weighted by Gasteiger charge is 2.22. The molecule has 7 heteroatoms. The van der Waals surface area contributed by atoms with Gasteiger partial charge in [-0.15, -0.1) is 0 Å². The van der Waals surface area contributed by atoms with E-state index in [0.717, 1.165) is 0 Å². The van der Waals surface area contributed by atoms with Crippen molar-refractivity contribution in [2.24, 2.45) is 0 Å². The standard InChI is InChI=1S/C13H16BrFN2O3/c1-3-11(13(19)20)17(2)7-12(18)16-10-5-4-8(14)6-9(10)15/h4-6,11H,3,7H2,1-2H3,(H,16,18)(H,19,20). The quantitative estimate of drug-likeness (QED) is 0.829. The van der Waals surface area contributed by atoms with Crippen LogP contribution in [0.5, 0.6) is 0 Å². The van der Waals surface area contributed by atoms with Crippen molar-refractivity contribution in [1.82, 2.24) is 4.90 Å². The fourth-order valence-corrected chi connectivity index (χ4v) is 2.13. The minimum absolute atomic E-state index is 0.0648. The number of nitrogens with zero attached hydrogens (tertiary/aromatic N) is 1. The Morgan fingerprint density at radius 1 is 1.50 bits per heavy atom. The number of carbonyl (C=O) groups is 2. The molecule has 0 aliphatic rings. The second-order valence-electron chi connectivity index (χ2n) is 4.35. The van der Waals surface area contributed by atoms with E-state index in [2.05, 4.69) is 21.2 Å². The Kier molecular flexibility index (Phi) is 6.09. The Morgan fingerprint density at radius 3 is 2.65 bits per heavy atom. The molecule has 1 aromatic carbocycles. The molecule has 0 radical (unpaired) electrons. The van der Waals surface area contributed by atoms with E-state index in [1.54, 1.807) is 20.0 Å². The molecule has 0 spiro atoms. The molecular formula is C13H16BrFN2O3. The number of halogens is 2. The van der Waals surface area contributed by atoms with Gasteiger partial charge in [0.1, 0.15) is 11.9 Å². The smallest absolute Gasteiger partial charge is 0.320 e. The summed E-state index contributed by atoms with van der Waals surface area (Å²) in [5.74, 6) is -2.01. The summed E-state index contributed by atoms with van der Waals surface area (Å²) in [6.07, 6.45) is 0.381. The minimum Gasteiger partial charge on any atom is -0.480 e. The SMILES string of the molecule is CCC(C(=O)O)N(C)CC(=O)Nc1ccc(Br)cc1F. The molecule has 0 heterocycles. The van der Waals surface area contributed by atoms with E-state index in [4.69, 9.17) is 5.11 Å². The topological polar surface area (TPSA) is 69.6 Å². The summed E-state index contributed by atoms with van der Waals surface area (Å²) in [5.41, 5.74) is 0.0648. The minimum atomic E-state index is -0.988. The van der Waals surface area contributed by atoms with Crippen molar-refractivity contribution in [3.8, 4) is 0 Å². The summed E-state index contributed by atoms with van der Waals surface area (Å²) in [4.78, 5) is 24.2. The Labute approximate surface area is 124 Å². The van der Waals surface area contributed by atoms with E-state index < -0.39 is 23.7 Å². The van der Waals surface area contributed by atoms with Gasteiger partial charge in [0.2, 0.25) is 5.91 Å². The Morgan fingerprint density at radius 2 is 2.15 bits per heavy atom. The summed E-state index contributed by atoms with van der Waals surface area (Å²) in [7, 11) is 1.54. The molecule has 1 rings (SSSR count). The van der Waals surface area contributed by atoms with Gasteiger partial charge in [0, 0.05) is 4.47 Å². The summed E-state index contributed by atoms with van der Waals surface area (Å²) < 4.78 is 14.1. The Bertz CT molecular complexity index is 510. The molecule has 1 unspecified atom stereocenters. The molecule has 5 nitrogen and oxygen atoms in total. The molecule has 2 N–H and O–H groups in total. The van der Waals surface area contributed by atoms with Crippen LogP contribution in [0.2, 0.25) is 0 Å². The van der Waals surface area contributed by atoms with E-state index in [9.17, 15) is 14.0 Å². The maximum atomic E-state index is 13.5. The van der Waals surface area contributed by atoms with E-state index in [-0.39, 0.29) is 12.2 Å².